The summed E-state index contributed by atoms with van der Waals surface area (Å²) in [5, 5.41) is 0. The minimum absolute atomic E-state index is 0.121. The molecule has 0 saturated carbocycles. The van der Waals surface area contributed by atoms with Crippen LogP contribution >= 0.6 is 0 Å². The molecule has 1 atom stereocenters. The molecular weight excluding hydrogens is 238 g/mol. The first-order chi connectivity index (χ1) is 9.13. The zero-order valence-corrected chi connectivity index (χ0v) is 11.6. The van der Waals surface area contributed by atoms with Gasteiger partial charge in [-0.05, 0) is 6.92 Å². The summed E-state index contributed by atoms with van der Waals surface area (Å²) in [5.41, 5.74) is 8.87. The second kappa shape index (κ2) is 5.80. The van der Waals surface area contributed by atoms with Crippen molar-refractivity contribution in [3.05, 3.63) is 41.7 Å². The van der Waals surface area contributed by atoms with Gasteiger partial charge in [0.25, 0.3) is 0 Å². The fourth-order valence-electron chi connectivity index (χ4n) is 1.97. The second-order valence-electron chi connectivity index (χ2n) is 4.66. The first-order valence-corrected chi connectivity index (χ1v) is 6.31. The van der Waals surface area contributed by atoms with E-state index < -0.39 is 0 Å². The Kier molecular flexibility index (Phi) is 4.12. The van der Waals surface area contributed by atoms with Crippen molar-refractivity contribution in [1.29, 1.82) is 0 Å². The van der Waals surface area contributed by atoms with E-state index in [2.05, 4.69) is 9.97 Å². The van der Waals surface area contributed by atoms with Gasteiger partial charge in [0.05, 0.1) is 12.3 Å². The van der Waals surface area contributed by atoms with Crippen molar-refractivity contribution >= 4 is 5.82 Å². The Bertz CT molecular complexity index is 555. The van der Waals surface area contributed by atoms with Crippen molar-refractivity contribution < 1.29 is 4.74 Å². The predicted octanol–water partition coefficient (Wildman–Crippen LogP) is 2.78. The highest BCUT2D eigenvalue weighted by molar-refractivity contribution is 5.67. The molecule has 1 unspecified atom stereocenters. The van der Waals surface area contributed by atoms with E-state index in [0.29, 0.717) is 12.4 Å². The van der Waals surface area contributed by atoms with E-state index >= 15 is 0 Å². The lowest BCUT2D eigenvalue weighted by molar-refractivity contribution is 0.181. The smallest absolute Gasteiger partial charge is 0.136 e. The summed E-state index contributed by atoms with van der Waals surface area (Å²) in [4.78, 5) is 9.01. The molecule has 1 aromatic heterocycles. The quantitative estimate of drug-likeness (QED) is 0.915. The van der Waals surface area contributed by atoms with E-state index in [9.17, 15) is 0 Å². The van der Waals surface area contributed by atoms with E-state index in [1.54, 1.807) is 7.11 Å². The Labute approximate surface area is 113 Å². The maximum absolute atomic E-state index is 6.00. The molecule has 4 heteroatoms. The van der Waals surface area contributed by atoms with Crippen LogP contribution in [0.4, 0.5) is 5.82 Å². The van der Waals surface area contributed by atoms with E-state index in [0.717, 1.165) is 22.6 Å². The summed E-state index contributed by atoms with van der Waals surface area (Å²) in [6.45, 7) is 4.56. The number of anilines is 1. The Morgan fingerprint density at radius 2 is 1.89 bits per heavy atom. The Hall–Kier alpha value is -1.94. The van der Waals surface area contributed by atoms with Crippen molar-refractivity contribution in [3.8, 4) is 11.3 Å². The van der Waals surface area contributed by atoms with Crippen molar-refractivity contribution in [2.75, 3.05) is 19.5 Å². The van der Waals surface area contributed by atoms with Gasteiger partial charge in [0.1, 0.15) is 11.6 Å². The third-order valence-electron chi connectivity index (χ3n) is 3.11. The number of nitrogen functional groups attached to an aromatic ring is 1. The predicted molar refractivity (Wildman–Crippen MR) is 76.9 cm³/mol. The van der Waals surface area contributed by atoms with Gasteiger partial charge < -0.3 is 10.5 Å². The van der Waals surface area contributed by atoms with Crippen LogP contribution in [-0.4, -0.2) is 23.7 Å². The number of benzene rings is 1. The average Bonchev–Trinajstić information content (AvgIpc) is 2.43. The lowest BCUT2D eigenvalue weighted by atomic mass is 10.1. The van der Waals surface area contributed by atoms with E-state index in [4.69, 9.17) is 10.5 Å². The highest BCUT2D eigenvalue weighted by atomic mass is 16.5. The average molecular weight is 257 g/mol. The SMILES string of the molecule is COCC(C)c1nc(N)c(C)c(-c2ccccc2)n1. The number of hydrogen-bond acceptors (Lipinski definition) is 4. The minimum atomic E-state index is 0.121. The lowest BCUT2D eigenvalue weighted by Gasteiger charge is -2.14. The maximum atomic E-state index is 6.00. The van der Waals surface area contributed by atoms with Crippen LogP contribution in [0.25, 0.3) is 11.3 Å². The van der Waals surface area contributed by atoms with Crippen LogP contribution in [0.2, 0.25) is 0 Å². The van der Waals surface area contributed by atoms with Gasteiger partial charge in [0.2, 0.25) is 0 Å². The summed E-state index contributed by atoms with van der Waals surface area (Å²) >= 11 is 0. The van der Waals surface area contributed by atoms with Crippen LogP contribution in [0.15, 0.2) is 30.3 Å². The molecule has 2 N–H and O–H groups in total. The van der Waals surface area contributed by atoms with Crippen LogP contribution in [-0.2, 0) is 4.74 Å². The molecule has 0 bridgehead atoms. The van der Waals surface area contributed by atoms with Crippen molar-refractivity contribution in [3.63, 3.8) is 0 Å². The van der Waals surface area contributed by atoms with Crippen molar-refractivity contribution in [1.82, 2.24) is 9.97 Å². The molecule has 0 spiro atoms. The number of rotatable bonds is 4. The summed E-state index contributed by atoms with van der Waals surface area (Å²) < 4.78 is 5.15. The summed E-state index contributed by atoms with van der Waals surface area (Å²) in [6, 6.07) is 10.0. The standard InChI is InChI=1S/C15H19N3O/c1-10(9-19-3)15-17-13(11(2)14(16)18-15)12-7-5-4-6-8-12/h4-8,10H,9H2,1-3H3,(H2,16,17,18). The van der Waals surface area contributed by atoms with Crippen LogP contribution in [0.3, 0.4) is 0 Å². The highest BCUT2D eigenvalue weighted by Crippen LogP contribution is 2.26. The van der Waals surface area contributed by atoms with Gasteiger partial charge in [0, 0.05) is 24.2 Å². The number of aromatic nitrogens is 2. The summed E-state index contributed by atoms with van der Waals surface area (Å²) in [5.74, 6) is 1.38. The molecule has 100 valence electrons. The summed E-state index contributed by atoms with van der Waals surface area (Å²) in [7, 11) is 1.67. The van der Waals surface area contributed by atoms with Gasteiger partial charge in [-0.2, -0.15) is 0 Å². The molecule has 2 aromatic rings. The molecular formula is C15H19N3O. The monoisotopic (exact) mass is 257 g/mol. The van der Waals surface area contributed by atoms with E-state index in [1.165, 1.54) is 0 Å². The number of methoxy groups -OCH3 is 1. The zero-order chi connectivity index (χ0) is 13.8. The van der Waals surface area contributed by atoms with Gasteiger partial charge in [-0.1, -0.05) is 37.3 Å². The molecule has 0 aliphatic carbocycles. The first-order valence-electron chi connectivity index (χ1n) is 6.31. The Morgan fingerprint density at radius 3 is 2.53 bits per heavy atom. The maximum Gasteiger partial charge on any atom is 0.136 e. The van der Waals surface area contributed by atoms with Gasteiger partial charge >= 0.3 is 0 Å². The fourth-order valence-corrected chi connectivity index (χ4v) is 1.97. The zero-order valence-electron chi connectivity index (χ0n) is 11.6. The molecule has 1 aromatic carbocycles. The van der Waals surface area contributed by atoms with Gasteiger partial charge in [0.15, 0.2) is 0 Å². The number of nitrogens with zero attached hydrogens (tertiary/aromatic N) is 2. The minimum Gasteiger partial charge on any atom is -0.384 e. The Balaban J connectivity index is 2.49. The molecule has 0 aliphatic heterocycles. The molecule has 1 heterocycles. The van der Waals surface area contributed by atoms with Crippen LogP contribution in [0, 0.1) is 6.92 Å². The van der Waals surface area contributed by atoms with Crippen molar-refractivity contribution in [2.24, 2.45) is 0 Å². The Morgan fingerprint density at radius 1 is 1.21 bits per heavy atom. The van der Waals surface area contributed by atoms with Gasteiger partial charge in [-0.15, -0.1) is 0 Å². The van der Waals surface area contributed by atoms with Gasteiger partial charge in [-0.3, -0.25) is 0 Å². The highest BCUT2D eigenvalue weighted by Gasteiger charge is 2.14. The molecule has 19 heavy (non-hydrogen) atoms. The van der Waals surface area contributed by atoms with E-state index in [1.807, 2.05) is 44.2 Å². The van der Waals surface area contributed by atoms with Crippen LogP contribution < -0.4 is 5.73 Å². The largest absolute Gasteiger partial charge is 0.384 e. The van der Waals surface area contributed by atoms with Gasteiger partial charge in [-0.25, -0.2) is 9.97 Å². The molecule has 0 amide bonds. The molecule has 4 nitrogen and oxygen atoms in total. The molecule has 2 rings (SSSR count). The molecule has 0 radical (unpaired) electrons. The molecule has 0 saturated heterocycles. The third-order valence-corrected chi connectivity index (χ3v) is 3.11. The summed E-state index contributed by atoms with van der Waals surface area (Å²) in [6.07, 6.45) is 0. The number of hydrogen-bond donors (Lipinski definition) is 1. The first kappa shape index (κ1) is 13.5. The lowest BCUT2D eigenvalue weighted by Crippen LogP contribution is -2.11. The second-order valence-corrected chi connectivity index (χ2v) is 4.66. The van der Waals surface area contributed by atoms with Crippen LogP contribution in [0.5, 0.6) is 0 Å². The number of nitrogens with two attached hydrogens (primary N) is 1. The van der Waals surface area contributed by atoms with Crippen molar-refractivity contribution in [2.45, 2.75) is 19.8 Å². The molecule has 0 aliphatic rings. The molecule has 0 fully saturated rings. The van der Waals surface area contributed by atoms with E-state index in [-0.39, 0.29) is 5.92 Å². The number of ether oxygens (including phenoxy) is 1. The fraction of sp³-hybridized carbons (Fsp3) is 0.333. The topological polar surface area (TPSA) is 61.0 Å². The van der Waals surface area contributed by atoms with Crippen LogP contribution in [0.1, 0.15) is 24.2 Å². The third kappa shape index (κ3) is 2.90. The normalized spacial score (nSPS) is 12.4.